The molecule has 0 saturated carbocycles. The predicted molar refractivity (Wildman–Crippen MR) is 139 cm³/mol. The standard InChI is InChI=1S/C28H35N5O/c1-23-9-11-25(12-10-23)28-26(22-33(30-28)21-24-7-4-3-5-8-24)13-14-27(34)29-15-6-16-32-19-17-31(2)18-20-32/h3-5,7-14,22H,6,15-21H2,1-2H3,(H,29,34). The highest BCUT2D eigenvalue weighted by molar-refractivity contribution is 5.92. The third-order valence-electron chi connectivity index (χ3n) is 6.26. The average molecular weight is 458 g/mol. The Labute approximate surface area is 202 Å². The molecule has 0 radical (unpaired) electrons. The SMILES string of the molecule is Cc1ccc(-c2nn(Cc3ccccc3)cc2C=CC(=O)NCCCN2CCN(C)CC2)cc1. The third-order valence-corrected chi connectivity index (χ3v) is 6.26. The number of carbonyl (C=O) groups is 1. The lowest BCUT2D eigenvalue weighted by Crippen LogP contribution is -2.45. The minimum atomic E-state index is -0.0657. The number of aromatic nitrogens is 2. The molecule has 1 amide bonds. The molecule has 6 heteroatoms. The van der Waals surface area contributed by atoms with E-state index < -0.39 is 0 Å². The van der Waals surface area contributed by atoms with E-state index in [4.69, 9.17) is 5.10 Å². The number of benzene rings is 2. The van der Waals surface area contributed by atoms with Gasteiger partial charge in [0.25, 0.3) is 0 Å². The number of hydrogen-bond acceptors (Lipinski definition) is 4. The van der Waals surface area contributed by atoms with Crippen molar-refractivity contribution in [1.82, 2.24) is 24.9 Å². The number of piperazine rings is 1. The Balaban J connectivity index is 1.38. The molecule has 0 bridgehead atoms. The Morgan fingerprint density at radius 2 is 1.76 bits per heavy atom. The number of aryl methyl sites for hydroxylation is 1. The van der Waals surface area contributed by atoms with Gasteiger partial charge in [0.2, 0.25) is 5.91 Å². The lowest BCUT2D eigenvalue weighted by molar-refractivity contribution is -0.116. The van der Waals surface area contributed by atoms with Crippen LogP contribution in [0.1, 0.15) is 23.1 Å². The van der Waals surface area contributed by atoms with Crippen molar-refractivity contribution in [1.29, 1.82) is 0 Å². The van der Waals surface area contributed by atoms with Gasteiger partial charge >= 0.3 is 0 Å². The molecule has 178 valence electrons. The van der Waals surface area contributed by atoms with Gasteiger partial charge in [0.15, 0.2) is 0 Å². The largest absolute Gasteiger partial charge is 0.353 e. The summed E-state index contributed by atoms with van der Waals surface area (Å²) in [6.07, 6.45) is 6.48. The quantitative estimate of drug-likeness (QED) is 0.394. The summed E-state index contributed by atoms with van der Waals surface area (Å²) < 4.78 is 1.94. The predicted octanol–water partition coefficient (Wildman–Crippen LogP) is 3.67. The monoisotopic (exact) mass is 457 g/mol. The molecule has 2 heterocycles. The van der Waals surface area contributed by atoms with Crippen molar-refractivity contribution in [2.24, 2.45) is 0 Å². The number of hydrogen-bond donors (Lipinski definition) is 1. The molecular weight excluding hydrogens is 422 g/mol. The molecule has 0 aliphatic carbocycles. The number of likely N-dealkylation sites (N-methyl/N-ethyl adjacent to an activating group) is 1. The van der Waals surface area contributed by atoms with Crippen LogP contribution in [0.25, 0.3) is 17.3 Å². The Kier molecular flexibility index (Phi) is 8.28. The second-order valence-electron chi connectivity index (χ2n) is 9.11. The molecule has 2 aromatic carbocycles. The zero-order valence-electron chi connectivity index (χ0n) is 20.3. The summed E-state index contributed by atoms with van der Waals surface area (Å²) in [5, 5.41) is 7.87. The second kappa shape index (κ2) is 11.8. The summed E-state index contributed by atoms with van der Waals surface area (Å²) >= 11 is 0. The van der Waals surface area contributed by atoms with Crippen molar-refractivity contribution < 1.29 is 4.79 Å². The molecule has 1 fully saturated rings. The molecule has 6 nitrogen and oxygen atoms in total. The van der Waals surface area contributed by atoms with Crippen molar-refractivity contribution in [2.45, 2.75) is 19.9 Å². The van der Waals surface area contributed by atoms with Crippen LogP contribution in [0.5, 0.6) is 0 Å². The van der Waals surface area contributed by atoms with Crippen molar-refractivity contribution in [3.63, 3.8) is 0 Å². The Hall–Kier alpha value is -3.22. The first kappa shape index (κ1) is 23.9. The first-order valence-electron chi connectivity index (χ1n) is 12.1. The highest BCUT2D eigenvalue weighted by atomic mass is 16.1. The Morgan fingerprint density at radius 1 is 1.03 bits per heavy atom. The van der Waals surface area contributed by atoms with Crippen LogP contribution >= 0.6 is 0 Å². The molecule has 0 unspecified atom stereocenters. The molecule has 4 rings (SSSR count). The van der Waals surface area contributed by atoms with Gasteiger partial charge in [0.1, 0.15) is 0 Å². The fraction of sp³-hybridized carbons (Fsp3) is 0.357. The molecule has 0 atom stereocenters. The number of amides is 1. The fourth-order valence-electron chi connectivity index (χ4n) is 4.16. The molecule has 1 aromatic heterocycles. The van der Waals surface area contributed by atoms with Crippen LogP contribution < -0.4 is 5.32 Å². The smallest absolute Gasteiger partial charge is 0.244 e. The van der Waals surface area contributed by atoms with Crippen LogP contribution in [0.3, 0.4) is 0 Å². The van der Waals surface area contributed by atoms with Crippen molar-refractivity contribution in [2.75, 3.05) is 46.3 Å². The van der Waals surface area contributed by atoms with Gasteiger partial charge in [-0.15, -0.1) is 0 Å². The van der Waals surface area contributed by atoms with E-state index in [-0.39, 0.29) is 5.91 Å². The van der Waals surface area contributed by atoms with Crippen molar-refractivity contribution in [3.8, 4) is 11.3 Å². The molecular formula is C28H35N5O. The first-order valence-corrected chi connectivity index (χ1v) is 12.1. The van der Waals surface area contributed by atoms with Crippen LogP contribution in [0.15, 0.2) is 66.9 Å². The highest BCUT2D eigenvalue weighted by Crippen LogP contribution is 2.24. The van der Waals surface area contributed by atoms with E-state index in [2.05, 4.69) is 65.5 Å². The van der Waals surface area contributed by atoms with Crippen LogP contribution in [0, 0.1) is 6.92 Å². The van der Waals surface area contributed by atoms with Gasteiger partial charge in [-0.1, -0.05) is 60.2 Å². The molecule has 1 saturated heterocycles. The topological polar surface area (TPSA) is 53.4 Å². The minimum Gasteiger partial charge on any atom is -0.353 e. The van der Waals surface area contributed by atoms with E-state index >= 15 is 0 Å². The van der Waals surface area contributed by atoms with E-state index in [0.29, 0.717) is 13.1 Å². The van der Waals surface area contributed by atoms with Gasteiger partial charge in [-0.05, 0) is 38.6 Å². The lowest BCUT2D eigenvalue weighted by atomic mass is 10.1. The van der Waals surface area contributed by atoms with Crippen LogP contribution in [-0.4, -0.2) is 71.8 Å². The van der Waals surface area contributed by atoms with Crippen molar-refractivity contribution >= 4 is 12.0 Å². The second-order valence-corrected chi connectivity index (χ2v) is 9.11. The third kappa shape index (κ3) is 6.89. The maximum atomic E-state index is 12.5. The molecule has 1 N–H and O–H groups in total. The molecule has 1 aliphatic rings. The normalized spacial score (nSPS) is 15.1. The van der Waals surface area contributed by atoms with E-state index in [0.717, 1.165) is 56.0 Å². The van der Waals surface area contributed by atoms with Gasteiger partial charge in [0.05, 0.1) is 12.2 Å². The van der Waals surface area contributed by atoms with E-state index in [1.165, 1.54) is 11.1 Å². The Morgan fingerprint density at radius 3 is 2.50 bits per heavy atom. The van der Waals surface area contributed by atoms with E-state index in [1.807, 2.05) is 35.2 Å². The number of rotatable bonds is 9. The summed E-state index contributed by atoms with van der Waals surface area (Å²) in [5.41, 5.74) is 5.27. The molecule has 34 heavy (non-hydrogen) atoms. The van der Waals surface area contributed by atoms with Crippen molar-refractivity contribution in [3.05, 3.63) is 83.6 Å². The highest BCUT2D eigenvalue weighted by Gasteiger charge is 2.13. The van der Waals surface area contributed by atoms with Gasteiger partial charge in [0, 0.05) is 56.1 Å². The summed E-state index contributed by atoms with van der Waals surface area (Å²) in [4.78, 5) is 17.3. The summed E-state index contributed by atoms with van der Waals surface area (Å²) in [7, 11) is 2.17. The average Bonchev–Trinajstić information content (AvgIpc) is 3.25. The Bertz CT molecular complexity index is 1080. The molecule has 0 spiro atoms. The van der Waals surface area contributed by atoms with Crippen LogP contribution in [0.2, 0.25) is 0 Å². The minimum absolute atomic E-state index is 0.0657. The van der Waals surface area contributed by atoms with E-state index in [9.17, 15) is 4.79 Å². The summed E-state index contributed by atoms with van der Waals surface area (Å²) in [5.74, 6) is -0.0657. The summed E-state index contributed by atoms with van der Waals surface area (Å²) in [6, 6.07) is 18.6. The lowest BCUT2D eigenvalue weighted by Gasteiger charge is -2.32. The fourth-order valence-corrected chi connectivity index (χ4v) is 4.16. The van der Waals surface area contributed by atoms with E-state index in [1.54, 1.807) is 6.08 Å². The van der Waals surface area contributed by atoms with Gasteiger partial charge in [-0.2, -0.15) is 5.10 Å². The maximum absolute atomic E-state index is 12.5. The molecule has 3 aromatic rings. The first-order chi connectivity index (χ1) is 16.6. The number of nitrogens with one attached hydrogen (secondary N) is 1. The zero-order chi connectivity index (χ0) is 23.8. The molecule has 1 aliphatic heterocycles. The zero-order valence-corrected chi connectivity index (χ0v) is 20.3. The van der Waals surface area contributed by atoms with Gasteiger partial charge < -0.3 is 15.1 Å². The van der Waals surface area contributed by atoms with Crippen LogP contribution in [0.4, 0.5) is 0 Å². The van der Waals surface area contributed by atoms with Gasteiger partial charge in [-0.25, -0.2) is 0 Å². The van der Waals surface area contributed by atoms with Crippen LogP contribution in [-0.2, 0) is 11.3 Å². The number of carbonyl (C=O) groups excluding carboxylic acids is 1. The maximum Gasteiger partial charge on any atom is 0.244 e. The summed E-state index contributed by atoms with van der Waals surface area (Å²) in [6.45, 7) is 8.94. The van der Waals surface area contributed by atoms with Gasteiger partial charge in [-0.3, -0.25) is 9.48 Å². The number of nitrogens with zero attached hydrogens (tertiary/aromatic N) is 4.